The molecule has 2 fully saturated rings. The first-order valence-electron chi connectivity index (χ1n) is 6.90. The van der Waals surface area contributed by atoms with Crippen molar-refractivity contribution in [2.24, 2.45) is 17.6 Å². The molecule has 1 saturated carbocycles. The van der Waals surface area contributed by atoms with E-state index in [9.17, 15) is 9.18 Å². The summed E-state index contributed by atoms with van der Waals surface area (Å²) in [6.07, 6.45) is 2.01. The quantitative estimate of drug-likeness (QED) is 0.895. The van der Waals surface area contributed by atoms with Gasteiger partial charge in [-0.3, -0.25) is 4.79 Å². The predicted molar refractivity (Wildman–Crippen MR) is 70.9 cm³/mol. The number of fused-ring (bicyclic) bond motifs is 1. The summed E-state index contributed by atoms with van der Waals surface area (Å²) in [5.74, 6) is 1.36. The third-order valence-corrected chi connectivity index (χ3v) is 4.21. The Hall–Kier alpha value is -1.42. The van der Waals surface area contributed by atoms with Gasteiger partial charge in [0.05, 0.1) is 0 Å². The summed E-state index contributed by atoms with van der Waals surface area (Å²) in [7, 11) is 0. The summed E-state index contributed by atoms with van der Waals surface area (Å²) in [5, 5.41) is 0. The molecule has 0 bridgehead atoms. The molecule has 0 aromatic heterocycles. The molecule has 1 amide bonds. The first-order chi connectivity index (χ1) is 9.13. The summed E-state index contributed by atoms with van der Waals surface area (Å²) in [6.45, 7) is 1.80. The maximum Gasteiger partial charge on any atom is 0.224 e. The van der Waals surface area contributed by atoms with E-state index in [2.05, 4.69) is 0 Å². The number of piperidine rings is 1. The lowest BCUT2D eigenvalue weighted by Crippen LogP contribution is -2.36. The first kappa shape index (κ1) is 12.6. The fraction of sp³-hybridized carbons (Fsp3) is 0.533. The molecular weight excluding hydrogens is 243 g/mol. The number of amides is 1. The van der Waals surface area contributed by atoms with Gasteiger partial charge in [-0.25, -0.2) is 4.39 Å². The van der Waals surface area contributed by atoms with Crippen LogP contribution >= 0.6 is 0 Å². The zero-order chi connectivity index (χ0) is 13.4. The van der Waals surface area contributed by atoms with E-state index < -0.39 is 0 Å². The van der Waals surface area contributed by atoms with Crippen LogP contribution in [0.4, 0.5) is 4.39 Å². The zero-order valence-corrected chi connectivity index (χ0v) is 10.9. The van der Waals surface area contributed by atoms with Crippen LogP contribution in [0.15, 0.2) is 24.3 Å². The number of hydrogen-bond donors (Lipinski definition) is 1. The van der Waals surface area contributed by atoms with Gasteiger partial charge >= 0.3 is 0 Å². The van der Waals surface area contributed by atoms with Gasteiger partial charge in [0.1, 0.15) is 5.82 Å². The molecule has 0 spiro atoms. The number of likely N-dealkylation sites (tertiary alicyclic amines) is 1. The van der Waals surface area contributed by atoms with Crippen molar-refractivity contribution >= 4 is 5.91 Å². The van der Waals surface area contributed by atoms with Gasteiger partial charge in [0.25, 0.3) is 0 Å². The van der Waals surface area contributed by atoms with Gasteiger partial charge < -0.3 is 10.6 Å². The Morgan fingerprint density at radius 2 is 2.05 bits per heavy atom. The molecule has 1 aliphatic heterocycles. The van der Waals surface area contributed by atoms with Crippen molar-refractivity contribution in [3.63, 3.8) is 0 Å². The number of carbonyl (C=O) groups excluding carboxylic acids is 1. The van der Waals surface area contributed by atoms with Crippen molar-refractivity contribution in [1.29, 1.82) is 0 Å². The summed E-state index contributed by atoms with van der Waals surface area (Å²) >= 11 is 0. The van der Waals surface area contributed by atoms with E-state index in [1.165, 1.54) is 12.5 Å². The fourth-order valence-electron chi connectivity index (χ4n) is 2.97. The maximum absolute atomic E-state index is 13.5. The number of halogens is 1. The van der Waals surface area contributed by atoms with E-state index in [0.29, 0.717) is 18.4 Å². The minimum absolute atomic E-state index is 0.121. The topological polar surface area (TPSA) is 46.3 Å². The molecule has 0 radical (unpaired) electrons. The maximum atomic E-state index is 13.5. The van der Waals surface area contributed by atoms with Crippen molar-refractivity contribution in [3.05, 3.63) is 35.6 Å². The SMILES string of the molecule is N[C@@H](CC(=O)N1CC2CC2C1)Cc1ccccc1F. The van der Waals surface area contributed by atoms with Gasteiger partial charge in [-0.15, -0.1) is 0 Å². The van der Waals surface area contributed by atoms with Crippen LogP contribution < -0.4 is 5.73 Å². The van der Waals surface area contributed by atoms with Gasteiger partial charge in [-0.05, 0) is 36.3 Å². The molecule has 19 heavy (non-hydrogen) atoms. The molecule has 3 atom stereocenters. The number of rotatable bonds is 4. The Kier molecular flexibility index (Phi) is 3.27. The lowest BCUT2D eigenvalue weighted by atomic mass is 10.0. The van der Waals surface area contributed by atoms with E-state index in [1.807, 2.05) is 4.90 Å². The Morgan fingerprint density at radius 3 is 2.74 bits per heavy atom. The van der Waals surface area contributed by atoms with Crippen LogP contribution in [0.2, 0.25) is 0 Å². The van der Waals surface area contributed by atoms with E-state index in [4.69, 9.17) is 5.73 Å². The van der Waals surface area contributed by atoms with Crippen LogP contribution in [0.3, 0.4) is 0 Å². The largest absolute Gasteiger partial charge is 0.342 e. The number of benzene rings is 1. The zero-order valence-electron chi connectivity index (χ0n) is 10.9. The van der Waals surface area contributed by atoms with Gasteiger partial charge in [-0.1, -0.05) is 18.2 Å². The monoisotopic (exact) mass is 262 g/mol. The minimum atomic E-state index is -0.304. The smallest absolute Gasteiger partial charge is 0.224 e. The molecule has 2 N–H and O–H groups in total. The molecule has 1 heterocycles. The molecule has 4 heteroatoms. The van der Waals surface area contributed by atoms with Crippen LogP contribution in [0, 0.1) is 17.7 Å². The van der Waals surface area contributed by atoms with Crippen molar-refractivity contribution < 1.29 is 9.18 Å². The van der Waals surface area contributed by atoms with E-state index in [-0.39, 0.29) is 17.8 Å². The Bertz CT molecular complexity index is 481. The van der Waals surface area contributed by atoms with Crippen LogP contribution in [0.1, 0.15) is 18.4 Å². The highest BCUT2D eigenvalue weighted by Gasteiger charge is 2.46. The highest BCUT2D eigenvalue weighted by Crippen LogP contribution is 2.44. The number of carbonyl (C=O) groups is 1. The second-order valence-corrected chi connectivity index (χ2v) is 5.81. The normalized spacial score (nSPS) is 26.1. The van der Waals surface area contributed by atoms with Crippen molar-refractivity contribution in [2.75, 3.05) is 13.1 Å². The Morgan fingerprint density at radius 1 is 1.37 bits per heavy atom. The highest BCUT2D eigenvalue weighted by atomic mass is 19.1. The Labute approximate surface area is 112 Å². The predicted octanol–water partition coefficient (Wildman–Crippen LogP) is 1.56. The summed E-state index contributed by atoms with van der Waals surface area (Å²) in [5.41, 5.74) is 6.56. The first-order valence-corrected chi connectivity index (χ1v) is 6.90. The molecule has 2 unspecified atom stereocenters. The van der Waals surface area contributed by atoms with Crippen molar-refractivity contribution in [2.45, 2.75) is 25.3 Å². The van der Waals surface area contributed by atoms with Gasteiger partial charge in [-0.2, -0.15) is 0 Å². The van der Waals surface area contributed by atoms with Gasteiger partial charge in [0.2, 0.25) is 5.91 Å². The molecule has 1 saturated heterocycles. The lowest BCUT2D eigenvalue weighted by molar-refractivity contribution is -0.131. The summed E-state index contributed by atoms with van der Waals surface area (Å²) in [6, 6.07) is 6.30. The molecule has 2 aliphatic rings. The summed E-state index contributed by atoms with van der Waals surface area (Å²) < 4.78 is 13.5. The van der Waals surface area contributed by atoms with E-state index in [1.54, 1.807) is 18.2 Å². The van der Waals surface area contributed by atoms with Crippen LogP contribution in [-0.4, -0.2) is 29.9 Å². The van der Waals surface area contributed by atoms with E-state index >= 15 is 0 Å². The highest BCUT2D eigenvalue weighted by molar-refractivity contribution is 5.77. The number of nitrogens with zero attached hydrogens (tertiary/aromatic N) is 1. The number of nitrogens with two attached hydrogens (primary N) is 1. The minimum Gasteiger partial charge on any atom is -0.342 e. The van der Waals surface area contributed by atoms with Crippen LogP contribution in [-0.2, 0) is 11.2 Å². The molecule has 3 rings (SSSR count). The molecular formula is C15H19FN2O. The third kappa shape index (κ3) is 2.78. The molecule has 1 aromatic rings. The van der Waals surface area contributed by atoms with E-state index in [0.717, 1.165) is 24.9 Å². The second kappa shape index (κ2) is 4.93. The molecule has 3 nitrogen and oxygen atoms in total. The average molecular weight is 262 g/mol. The van der Waals surface area contributed by atoms with Crippen LogP contribution in [0.5, 0.6) is 0 Å². The fourth-order valence-corrected chi connectivity index (χ4v) is 2.97. The lowest BCUT2D eigenvalue weighted by Gasteiger charge is -2.20. The second-order valence-electron chi connectivity index (χ2n) is 5.81. The third-order valence-electron chi connectivity index (χ3n) is 4.21. The van der Waals surface area contributed by atoms with Crippen LogP contribution in [0.25, 0.3) is 0 Å². The van der Waals surface area contributed by atoms with Gasteiger partial charge in [0.15, 0.2) is 0 Å². The number of hydrogen-bond acceptors (Lipinski definition) is 2. The standard InChI is InChI=1S/C15H19FN2O/c16-14-4-2-1-3-10(14)6-13(17)7-15(19)18-8-11-5-12(11)9-18/h1-4,11-13H,5-9,17H2/t11?,12?,13-/m1/s1. The molecule has 1 aromatic carbocycles. The summed E-state index contributed by atoms with van der Waals surface area (Å²) in [4.78, 5) is 14.0. The van der Waals surface area contributed by atoms with Crippen molar-refractivity contribution in [1.82, 2.24) is 4.90 Å². The molecule has 102 valence electrons. The Balaban J connectivity index is 1.52. The average Bonchev–Trinajstić information content (AvgIpc) is 2.99. The molecule has 1 aliphatic carbocycles. The van der Waals surface area contributed by atoms with Crippen molar-refractivity contribution in [3.8, 4) is 0 Å². The van der Waals surface area contributed by atoms with Gasteiger partial charge in [0, 0.05) is 25.6 Å².